The van der Waals surface area contributed by atoms with Crippen molar-refractivity contribution in [3.8, 4) is 11.5 Å². The van der Waals surface area contributed by atoms with E-state index in [4.69, 9.17) is 9.47 Å². The first-order valence-electron chi connectivity index (χ1n) is 14.8. The lowest BCUT2D eigenvalue weighted by Crippen LogP contribution is -2.15. The minimum absolute atomic E-state index is 0.232. The van der Waals surface area contributed by atoms with E-state index < -0.39 is 5.97 Å². The Morgan fingerprint density at radius 1 is 0.784 bits per heavy atom. The number of carbonyl (C=O) groups is 1. The van der Waals surface area contributed by atoms with Gasteiger partial charge in [0.25, 0.3) is 0 Å². The average molecular weight is 511 g/mol. The van der Waals surface area contributed by atoms with Crippen LogP contribution in [0, 0.1) is 17.7 Å². The molecule has 0 heterocycles. The Morgan fingerprint density at radius 2 is 1.41 bits per heavy atom. The molecule has 3 rings (SSSR count). The first-order valence-corrected chi connectivity index (χ1v) is 14.8. The third kappa shape index (κ3) is 10.5. The van der Waals surface area contributed by atoms with Crippen molar-refractivity contribution in [3.63, 3.8) is 0 Å². The van der Waals surface area contributed by atoms with Crippen LogP contribution in [0.2, 0.25) is 0 Å². The van der Waals surface area contributed by atoms with Gasteiger partial charge in [0, 0.05) is 6.07 Å². The van der Waals surface area contributed by atoms with Crippen molar-refractivity contribution in [1.82, 2.24) is 0 Å². The third-order valence-electron chi connectivity index (χ3n) is 7.83. The van der Waals surface area contributed by atoms with Crippen molar-refractivity contribution in [2.75, 3.05) is 6.61 Å². The Bertz CT molecular complexity index is 916. The van der Waals surface area contributed by atoms with Crippen molar-refractivity contribution in [3.05, 3.63) is 59.4 Å². The number of aryl methyl sites for hydroxylation is 1. The highest BCUT2D eigenvalue weighted by Crippen LogP contribution is 2.34. The molecule has 0 aromatic heterocycles. The van der Waals surface area contributed by atoms with Gasteiger partial charge < -0.3 is 9.47 Å². The Hall–Kier alpha value is -2.36. The third-order valence-corrected chi connectivity index (χ3v) is 7.83. The largest absolute Gasteiger partial charge is 0.494 e. The van der Waals surface area contributed by atoms with E-state index >= 15 is 0 Å². The zero-order valence-corrected chi connectivity index (χ0v) is 23.1. The Balaban J connectivity index is 1.34. The lowest BCUT2D eigenvalue weighted by Gasteiger charge is -2.28. The molecular weight excluding hydrogens is 463 g/mol. The molecule has 0 bridgehead atoms. The number of carbonyl (C=O) groups excluding carboxylic acids is 1. The van der Waals surface area contributed by atoms with E-state index in [2.05, 4.69) is 13.8 Å². The molecule has 1 saturated carbocycles. The number of esters is 1. The van der Waals surface area contributed by atoms with Gasteiger partial charge in [0.2, 0.25) is 0 Å². The van der Waals surface area contributed by atoms with Crippen molar-refractivity contribution in [1.29, 1.82) is 0 Å². The first kappa shape index (κ1) is 29.2. The summed E-state index contributed by atoms with van der Waals surface area (Å²) in [6, 6.07) is 11.7. The minimum atomic E-state index is -0.494. The molecule has 0 atom stereocenters. The van der Waals surface area contributed by atoms with Crippen LogP contribution in [-0.2, 0) is 6.42 Å². The maximum atomic E-state index is 14.4. The van der Waals surface area contributed by atoms with Gasteiger partial charge in [-0.2, -0.15) is 0 Å². The average Bonchev–Trinajstić information content (AvgIpc) is 2.91. The van der Waals surface area contributed by atoms with Gasteiger partial charge in [-0.15, -0.1) is 0 Å². The van der Waals surface area contributed by atoms with Crippen molar-refractivity contribution < 1.29 is 18.7 Å². The van der Waals surface area contributed by atoms with Gasteiger partial charge in [-0.25, -0.2) is 9.18 Å². The molecule has 0 saturated heterocycles. The number of halogens is 1. The van der Waals surface area contributed by atoms with Gasteiger partial charge in [0.05, 0.1) is 12.2 Å². The van der Waals surface area contributed by atoms with Gasteiger partial charge in [-0.05, 0) is 73.4 Å². The fraction of sp³-hybridized carbons (Fsp3) is 0.606. The predicted octanol–water partition coefficient (Wildman–Crippen LogP) is 9.71. The number of ether oxygens (including phenoxy) is 2. The van der Waals surface area contributed by atoms with E-state index in [0.717, 1.165) is 43.3 Å². The second kappa shape index (κ2) is 16.5. The maximum Gasteiger partial charge on any atom is 0.343 e. The molecule has 1 aliphatic rings. The molecule has 204 valence electrons. The van der Waals surface area contributed by atoms with Crippen LogP contribution in [0.1, 0.15) is 120 Å². The van der Waals surface area contributed by atoms with E-state index in [1.165, 1.54) is 70.3 Å². The van der Waals surface area contributed by atoms with Gasteiger partial charge in [0.15, 0.2) is 0 Å². The van der Waals surface area contributed by atoms with E-state index in [1.807, 2.05) is 0 Å². The van der Waals surface area contributed by atoms with Crippen LogP contribution < -0.4 is 9.47 Å². The van der Waals surface area contributed by atoms with Crippen LogP contribution in [-0.4, -0.2) is 12.6 Å². The van der Waals surface area contributed by atoms with Crippen molar-refractivity contribution >= 4 is 5.97 Å². The Morgan fingerprint density at radius 3 is 2.05 bits per heavy atom. The monoisotopic (exact) mass is 510 g/mol. The number of benzene rings is 2. The van der Waals surface area contributed by atoms with Gasteiger partial charge in [-0.1, -0.05) is 90.5 Å². The van der Waals surface area contributed by atoms with Crippen LogP contribution in [0.25, 0.3) is 0 Å². The summed E-state index contributed by atoms with van der Waals surface area (Å²) in [6.07, 6.45) is 18.5. The molecule has 0 amide bonds. The molecule has 1 aliphatic carbocycles. The van der Waals surface area contributed by atoms with Crippen LogP contribution >= 0.6 is 0 Å². The van der Waals surface area contributed by atoms with Crippen molar-refractivity contribution in [2.45, 2.75) is 110 Å². The molecule has 2 aromatic carbocycles. The standard InChI is InChI=1S/C33H47FO3/c1-3-5-7-9-13-28-18-23-31(25-32(28)34)37-33(35)29-19-21-30(22-20-29)36-24-10-12-27-16-14-26(15-17-27)11-8-6-4-2/h18-23,25-27H,3-17,24H2,1-2H3/t26-,27-. The zero-order chi connectivity index (χ0) is 26.3. The number of rotatable bonds is 16. The zero-order valence-electron chi connectivity index (χ0n) is 23.1. The molecule has 0 unspecified atom stereocenters. The lowest BCUT2D eigenvalue weighted by molar-refractivity contribution is 0.0734. The summed E-state index contributed by atoms with van der Waals surface area (Å²) < 4.78 is 25.7. The van der Waals surface area contributed by atoms with Gasteiger partial charge in [-0.3, -0.25) is 0 Å². The summed E-state index contributed by atoms with van der Waals surface area (Å²) in [7, 11) is 0. The van der Waals surface area contributed by atoms with E-state index in [-0.39, 0.29) is 11.6 Å². The summed E-state index contributed by atoms with van der Waals surface area (Å²) in [4.78, 5) is 12.5. The quantitative estimate of drug-likeness (QED) is 0.128. The second-order valence-corrected chi connectivity index (χ2v) is 10.9. The normalized spacial score (nSPS) is 17.5. The Kier molecular flexibility index (Phi) is 13.0. The molecule has 1 fully saturated rings. The highest BCUT2D eigenvalue weighted by atomic mass is 19.1. The second-order valence-electron chi connectivity index (χ2n) is 10.9. The fourth-order valence-electron chi connectivity index (χ4n) is 5.44. The summed E-state index contributed by atoms with van der Waals surface area (Å²) in [5.74, 6) is 1.99. The molecule has 2 aromatic rings. The predicted molar refractivity (Wildman–Crippen MR) is 150 cm³/mol. The van der Waals surface area contributed by atoms with E-state index in [9.17, 15) is 9.18 Å². The van der Waals surface area contributed by atoms with Crippen LogP contribution in [0.15, 0.2) is 42.5 Å². The highest BCUT2D eigenvalue weighted by molar-refractivity contribution is 5.91. The summed E-state index contributed by atoms with van der Waals surface area (Å²) in [6.45, 7) is 5.14. The van der Waals surface area contributed by atoms with Crippen LogP contribution in [0.4, 0.5) is 4.39 Å². The SMILES string of the molecule is CCCCCCc1ccc(OC(=O)c2ccc(OCCC[C@H]3CC[C@H](CCCCC)CC3)cc2)cc1F. The Labute approximate surface area is 224 Å². The number of unbranched alkanes of at least 4 members (excludes halogenated alkanes) is 5. The molecule has 4 heteroatoms. The molecule has 0 radical (unpaired) electrons. The van der Waals surface area contributed by atoms with E-state index in [0.29, 0.717) is 24.2 Å². The van der Waals surface area contributed by atoms with Crippen LogP contribution in [0.5, 0.6) is 11.5 Å². The number of hydrogen-bond acceptors (Lipinski definition) is 3. The van der Waals surface area contributed by atoms with Gasteiger partial charge in [0.1, 0.15) is 17.3 Å². The van der Waals surface area contributed by atoms with Gasteiger partial charge >= 0.3 is 5.97 Å². The molecule has 37 heavy (non-hydrogen) atoms. The van der Waals surface area contributed by atoms with E-state index in [1.54, 1.807) is 36.4 Å². The maximum absolute atomic E-state index is 14.4. The first-order chi connectivity index (χ1) is 18.1. The lowest BCUT2D eigenvalue weighted by atomic mass is 9.78. The topological polar surface area (TPSA) is 35.5 Å². The fourth-order valence-corrected chi connectivity index (χ4v) is 5.44. The molecular formula is C33H47FO3. The minimum Gasteiger partial charge on any atom is -0.494 e. The smallest absolute Gasteiger partial charge is 0.343 e. The molecule has 3 nitrogen and oxygen atoms in total. The van der Waals surface area contributed by atoms with Crippen LogP contribution in [0.3, 0.4) is 0 Å². The number of hydrogen-bond donors (Lipinski definition) is 0. The summed E-state index contributed by atoms with van der Waals surface area (Å²) in [5, 5.41) is 0. The summed E-state index contributed by atoms with van der Waals surface area (Å²) in [5.41, 5.74) is 1.10. The molecule has 0 spiro atoms. The molecule has 0 aliphatic heterocycles. The highest BCUT2D eigenvalue weighted by Gasteiger charge is 2.20. The summed E-state index contributed by atoms with van der Waals surface area (Å²) >= 11 is 0. The van der Waals surface area contributed by atoms with Crippen molar-refractivity contribution in [2.24, 2.45) is 11.8 Å². The molecule has 0 N–H and O–H groups in total.